The van der Waals surface area contributed by atoms with E-state index >= 15 is 0 Å². The van der Waals surface area contributed by atoms with E-state index in [1.165, 1.54) is 0 Å². The van der Waals surface area contributed by atoms with Crippen molar-refractivity contribution in [1.29, 1.82) is 0 Å². The number of carbonyl (C=O) groups excluding carboxylic acids is 2. The zero-order chi connectivity index (χ0) is 25.3. The standard InChI is InChI=1S/C30H26Cl2N2O2/c31-26-17-15-23(16-18-26)21-34(28(35)19-22-9-3-1-4-10-22)29(24-11-5-2-6-12-24)30(36)33-20-25-13-7-8-14-27(25)32/h1-18,29H,19-21H2,(H,33,36)/t29-/m1/s1. The van der Waals surface area contributed by atoms with Gasteiger partial charge in [-0.1, -0.05) is 114 Å². The average molecular weight is 517 g/mol. The largest absolute Gasteiger partial charge is 0.350 e. The van der Waals surface area contributed by atoms with Crippen molar-refractivity contribution in [1.82, 2.24) is 10.2 Å². The van der Waals surface area contributed by atoms with Gasteiger partial charge >= 0.3 is 0 Å². The van der Waals surface area contributed by atoms with E-state index in [2.05, 4.69) is 5.32 Å². The van der Waals surface area contributed by atoms with Gasteiger partial charge in [0.05, 0.1) is 6.42 Å². The van der Waals surface area contributed by atoms with Crippen molar-refractivity contribution in [3.63, 3.8) is 0 Å². The molecule has 0 heterocycles. The van der Waals surface area contributed by atoms with E-state index in [-0.39, 0.29) is 31.3 Å². The number of amides is 2. The molecule has 6 heteroatoms. The summed E-state index contributed by atoms with van der Waals surface area (Å²) in [5.74, 6) is -0.436. The maximum Gasteiger partial charge on any atom is 0.247 e. The van der Waals surface area contributed by atoms with Crippen LogP contribution in [0.5, 0.6) is 0 Å². The number of carbonyl (C=O) groups is 2. The van der Waals surface area contributed by atoms with Crippen molar-refractivity contribution >= 4 is 35.0 Å². The van der Waals surface area contributed by atoms with E-state index in [1.54, 1.807) is 23.1 Å². The molecule has 0 bridgehead atoms. The second-order valence-corrected chi connectivity index (χ2v) is 9.28. The lowest BCUT2D eigenvalue weighted by Gasteiger charge is -2.32. The normalized spacial score (nSPS) is 11.5. The number of nitrogens with one attached hydrogen (secondary N) is 1. The maximum absolute atomic E-state index is 13.7. The number of hydrogen-bond donors (Lipinski definition) is 1. The van der Waals surface area contributed by atoms with Crippen molar-refractivity contribution in [2.24, 2.45) is 0 Å². The van der Waals surface area contributed by atoms with Crippen LogP contribution in [0.1, 0.15) is 28.3 Å². The molecule has 0 unspecified atom stereocenters. The average Bonchev–Trinajstić information content (AvgIpc) is 2.90. The first-order valence-electron chi connectivity index (χ1n) is 11.6. The second-order valence-electron chi connectivity index (χ2n) is 8.43. The van der Waals surface area contributed by atoms with Crippen molar-refractivity contribution < 1.29 is 9.59 Å². The predicted octanol–water partition coefficient (Wildman–Crippen LogP) is 6.62. The third-order valence-corrected chi connectivity index (χ3v) is 6.49. The SMILES string of the molecule is O=C(NCc1ccccc1Cl)[C@@H](c1ccccc1)N(Cc1ccc(Cl)cc1)C(=O)Cc1ccccc1. The first-order valence-corrected chi connectivity index (χ1v) is 12.4. The summed E-state index contributed by atoms with van der Waals surface area (Å²) in [6.45, 7) is 0.505. The van der Waals surface area contributed by atoms with Gasteiger partial charge in [-0.15, -0.1) is 0 Å². The molecule has 2 amide bonds. The van der Waals surface area contributed by atoms with E-state index in [0.29, 0.717) is 10.0 Å². The van der Waals surface area contributed by atoms with Crippen LogP contribution in [0.3, 0.4) is 0 Å². The smallest absolute Gasteiger partial charge is 0.247 e. The molecule has 0 spiro atoms. The number of benzene rings is 4. The molecule has 0 aliphatic heterocycles. The summed E-state index contributed by atoms with van der Waals surface area (Å²) < 4.78 is 0. The Kier molecular flexibility index (Phi) is 8.77. The minimum atomic E-state index is -0.833. The highest BCUT2D eigenvalue weighted by Crippen LogP contribution is 2.26. The van der Waals surface area contributed by atoms with Gasteiger partial charge in [0.1, 0.15) is 6.04 Å². The summed E-state index contributed by atoms with van der Waals surface area (Å²) in [4.78, 5) is 29.1. The van der Waals surface area contributed by atoms with Gasteiger partial charge in [-0.05, 0) is 40.5 Å². The van der Waals surface area contributed by atoms with E-state index in [0.717, 1.165) is 22.3 Å². The molecule has 0 radical (unpaired) electrons. The molecule has 4 nitrogen and oxygen atoms in total. The summed E-state index contributed by atoms with van der Waals surface area (Å²) in [6.07, 6.45) is 0.176. The number of hydrogen-bond acceptors (Lipinski definition) is 2. The first-order chi connectivity index (χ1) is 17.5. The maximum atomic E-state index is 13.7. The highest BCUT2D eigenvalue weighted by Gasteiger charge is 2.31. The Bertz CT molecular complexity index is 1300. The highest BCUT2D eigenvalue weighted by molar-refractivity contribution is 6.31. The van der Waals surface area contributed by atoms with Crippen LogP contribution in [0.25, 0.3) is 0 Å². The Labute approximate surface area is 221 Å². The fraction of sp³-hybridized carbons (Fsp3) is 0.133. The Morgan fingerprint density at radius 3 is 2.00 bits per heavy atom. The molecule has 0 saturated heterocycles. The molecule has 182 valence electrons. The number of rotatable bonds is 9. The molecule has 4 rings (SSSR count). The number of nitrogens with zero attached hydrogens (tertiary/aromatic N) is 1. The molecule has 4 aromatic rings. The molecule has 0 aliphatic carbocycles. The molecule has 0 aliphatic rings. The zero-order valence-corrected chi connectivity index (χ0v) is 21.1. The summed E-state index contributed by atoms with van der Waals surface area (Å²) >= 11 is 12.4. The fourth-order valence-electron chi connectivity index (χ4n) is 4.01. The monoisotopic (exact) mass is 516 g/mol. The lowest BCUT2D eigenvalue weighted by molar-refractivity contribution is -0.141. The summed E-state index contributed by atoms with van der Waals surface area (Å²) in [7, 11) is 0. The van der Waals surface area contributed by atoms with Gasteiger partial charge in [-0.25, -0.2) is 0 Å². The second kappa shape index (κ2) is 12.4. The van der Waals surface area contributed by atoms with E-state index in [9.17, 15) is 9.59 Å². The van der Waals surface area contributed by atoms with Gasteiger partial charge in [-0.3, -0.25) is 9.59 Å². The quantitative estimate of drug-likeness (QED) is 0.271. The van der Waals surface area contributed by atoms with Crippen molar-refractivity contribution in [3.05, 3.63) is 141 Å². The van der Waals surface area contributed by atoms with Crippen LogP contribution in [0.15, 0.2) is 109 Å². The lowest BCUT2D eigenvalue weighted by atomic mass is 10.0. The van der Waals surface area contributed by atoms with Gasteiger partial charge in [0.15, 0.2) is 0 Å². The van der Waals surface area contributed by atoms with Crippen LogP contribution >= 0.6 is 23.2 Å². The Balaban J connectivity index is 1.67. The first kappa shape index (κ1) is 25.5. The molecular formula is C30H26Cl2N2O2. The van der Waals surface area contributed by atoms with Crippen LogP contribution in [-0.4, -0.2) is 16.7 Å². The zero-order valence-electron chi connectivity index (χ0n) is 19.6. The molecule has 1 N–H and O–H groups in total. The Morgan fingerprint density at radius 1 is 0.722 bits per heavy atom. The van der Waals surface area contributed by atoms with Crippen LogP contribution < -0.4 is 5.32 Å². The van der Waals surface area contributed by atoms with Gasteiger partial charge < -0.3 is 10.2 Å². The third kappa shape index (κ3) is 6.75. The van der Waals surface area contributed by atoms with E-state index < -0.39 is 6.04 Å². The molecule has 4 aromatic carbocycles. The summed E-state index contributed by atoms with van der Waals surface area (Å²) in [5.41, 5.74) is 3.29. The van der Waals surface area contributed by atoms with E-state index in [1.807, 2.05) is 91.0 Å². The summed E-state index contributed by atoms with van der Waals surface area (Å²) in [6, 6.07) is 32.7. The van der Waals surface area contributed by atoms with Crippen molar-refractivity contribution in [2.45, 2.75) is 25.6 Å². The molecule has 36 heavy (non-hydrogen) atoms. The minimum absolute atomic E-state index is 0.155. The Morgan fingerprint density at radius 2 is 1.33 bits per heavy atom. The fourth-order valence-corrected chi connectivity index (χ4v) is 4.34. The third-order valence-electron chi connectivity index (χ3n) is 5.87. The van der Waals surface area contributed by atoms with Crippen LogP contribution in [-0.2, 0) is 29.1 Å². The topological polar surface area (TPSA) is 49.4 Å². The minimum Gasteiger partial charge on any atom is -0.350 e. The van der Waals surface area contributed by atoms with Crippen LogP contribution in [0.4, 0.5) is 0 Å². The van der Waals surface area contributed by atoms with E-state index in [4.69, 9.17) is 23.2 Å². The van der Waals surface area contributed by atoms with Gasteiger partial charge in [0.25, 0.3) is 0 Å². The number of halogens is 2. The predicted molar refractivity (Wildman–Crippen MR) is 145 cm³/mol. The van der Waals surface area contributed by atoms with Crippen LogP contribution in [0.2, 0.25) is 10.0 Å². The molecule has 1 atom stereocenters. The Hall–Kier alpha value is -3.60. The summed E-state index contributed by atoms with van der Waals surface area (Å²) in [5, 5.41) is 4.18. The van der Waals surface area contributed by atoms with Crippen molar-refractivity contribution in [2.75, 3.05) is 0 Å². The van der Waals surface area contributed by atoms with Gasteiger partial charge in [0, 0.05) is 23.1 Å². The van der Waals surface area contributed by atoms with Crippen molar-refractivity contribution in [3.8, 4) is 0 Å². The van der Waals surface area contributed by atoms with Gasteiger partial charge in [0.2, 0.25) is 11.8 Å². The van der Waals surface area contributed by atoms with Crippen LogP contribution in [0, 0.1) is 0 Å². The highest BCUT2D eigenvalue weighted by atomic mass is 35.5. The molecular weight excluding hydrogens is 491 g/mol. The van der Waals surface area contributed by atoms with Gasteiger partial charge in [-0.2, -0.15) is 0 Å². The molecule has 0 saturated carbocycles. The lowest BCUT2D eigenvalue weighted by Crippen LogP contribution is -2.43. The molecule has 0 fully saturated rings. The molecule has 0 aromatic heterocycles.